The minimum atomic E-state index is -2.38. The average molecular weight is 708 g/mol. The van der Waals surface area contributed by atoms with Gasteiger partial charge in [-0.2, -0.15) is 5.26 Å². The molecular formula is C36H38ClN3O10. The lowest BCUT2D eigenvalue weighted by molar-refractivity contribution is -0.143. The maximum Gasteiger partial charge on any atom is 0.344 e. The number of aliphatic imine (C=N–C) groups is 2. The Morgan fingerprint density at radius 3 is 1.92 bits per heavy atom. The largest absolute Gasteiger partial charge is 0.483 e. The Bertz CT molecular complexity index is 1800. The smallest absolute Gasteiger partial charge is 0.344 e. The summed E-state index contributed by atoms with van der Waals surface area (Å²) < 4.78 is 34.3. The monoisotopic (exact) mass is 707 g/mol. The Morgan fingerprint density at radius 2 is 1.36 bits per heavy atom. The van der Waals surface area contributed by atoms with Crippen molar-refractivity contribution >= 4 is 47.1 Å². The first kappa shape index (κ1) is 35.1. The van der Waals surface area contributed by atoms with Crippen molar-refractivity contribution in [1.29, 1.82) is 5.26 Å². The quantitative estimate of drug-likeness (QED) is 0.298. The second kappa shape index (κ2) is 13.9. The highest BCUT2D eigenvalue weighted by atomic mass is 35.5. The maximum absolute atomic E-state index is 14.3. The molecule has 0 aromatic heterocycles. The van der Waals surface area contributed by atoms with Crippen molar-refractivity contribution in [3.8, 4) is 11.8 Å². The van der Waals surface area contributed by atoms with Crippen LogP contribution in [0.2, 0.25) is 5.02 Å². The normalized spacial score (nSPS) is 28.0. The first-order valence-electron chi connectivity index (χ1n) is 16.7. The van der Waals surface area contributed by atoms with Gasteiger partial charge in [0.25, 0.3) is 0 Å². The number of nitriles is 1. The molecule has 14 heteroatoms. The van der Waals surface area contributed by atoms with E-state index in [0.29, 0.717) is 25.7 Å². The van der Waals surface area contributed by atoms with Crippen molar-refractivity contribution in [2.24, 2.45) is 15.4 Å². The molecule has 6 rings (SSSR count). The van der Waals surface area contributed by atoms with Crippen LogP contribution in [0.5, 0.6) is 5.75 Å². The van der Waals surface area contributed by atoms with Crippen molar-refractivity contribution in [3.05, 3.63) is 51.1 Å². The zero-order valence-electron chi connectivity index (χ0n) is 28.3. The first-order chi connectivity index (χ1) is 24.1. The molecule has 13 nitrogen and oxygen atoms in total. The van der Waals surface area contributed by atoms with E-state index in [4.69, 9.17) is 50.0 Å². The summed E-state index contributed by atoms with van der Waals surface area (Å²) in [6, 6.07) is 6.08. The van der Waals surface area contributed by atoms with E-state index in [1.807, 2.05) is 0 Å². The van der Waals surface area contributed by atoms with Gasteiger partial charge in [-0.25, -0.2) is 24.2 Å². The number of hydrogen-bond acceptors (Lipinski definition) is 13. The van der Waals surface area contributed by atoms with Crippen LogP contribution >= 0.6 is 11.6 Å². The van der Waals surface area contributed by atoms with E-state index in [1.54, 1.807) is 0 Å². The van der Waals surface area contributed by atoms with Gasteiger partial charge in [0.2, 0.25) is 11.5 Å². The Morgan fingerprint density at radius 1 is 0.800 bits per heavy atom. The van der Waals surface area contributed by atoms with Gasteiger partial charge >= 0.3 is 23.9 Å². The Hall–Kier alpha value is -4.70. The summed E-state index contributed by atoms with van der Waals surface area (Å²) in [5.74, 6) is -4.23. The van der Waals surface area contributed by atoms with Gasteiger partial charge in [-0.05, 0) is 43.9 Å². The molecule has 1 spiro atoms. The lowest BCUT2D eigenvalue weighted by Gasteiger charge is -2.49. The Labute approximate surface area is 294 Å². The maximum atomic E-state index is 14.3. The fourth-order valence-corrected chi connectivity index (χ4v) is 8.17. The Balaban J connectivity index is 1.80. The lowest BCUT2D eigenvalue weighted by atomic mass is 9.59. The molecular weight excluding hydrogens is 670 g/mol. The van der Waals surface area contributed by atoms with Crippen LogP contribution in [-0.4, -0.2) is 82.1 Å². The summed E-state index contributed by atoms with van der Waals surface area (Å²) in [4.78, 5) is 65.7. The van der Waals surface area contributed by atoms with Crippen molar-refractivity contribution in [1.82, 2.24) is 0 Å². The zero-order valence-corrected chi connectivity index (χ0v) is 29.1. The molecule has 1 aromatic rings. The van der Waals surface area contributed by atoms with Crippen LogP contribution in [0.4, 0.5) is 0 Å². The second-order valence-corrected chi connectivity index (χ2v) is 13.3. The third-order valence-electron chi connectivity index (χ3n) is 10.2. The summed E-state index contributed by atoms with van der Waals surface area (Å²) in [7, 11) is 4.51. The van der Waals surface area contributed by atoms with Gasteiger partial charge < -0.3 is 28.4 Å². The SMILES string of the molecule is COC(=O)C1=C(C(=O)OC)[C@@H]2Oc3ccc(Cl)cc3[C@]3(OC(=NC4CCCCC4)C(C(=O)OC)=C3C(=O)OC)[C@]2(C#N)C1=NC1CCCCC1. The fraction of sp³-hybridized carbons (Fsp3) is 0.528. The number of hydrogen-bond donors (Lipinski definition) is 0. The first-order valence-corrected chi connectivity index (χ1v) is 17.1. The fourth-order valence-electron chi connectivity index (χ4n) is 8.00. The molecule has 0 radical (unpaired) electrons. The molecule has 3 atom stereocenters. The number of nitrogens with zero attached hydrogens (tertiary/aromatic N) is 3. The number of carbonyl (C=O) groups is 4. The van der Waals surface area contributed by atoms with Crippen LogP contribution in [0.15, 0.2) is 50.5 Å². The number of rotatable bonds is 6. The third-order valence-corrected chi connectivity index (χ3v) is 10.5. The standard InChI is InChI=1S/C36H38ClN3O10/c1-45-31(41)24-25(32(42)46-2)29-35(18-38,28(24)39-20-11-7-5-8-12-20)36(22-17-19(37)15-16-23(22)49-29)27(34(44)48-4)26(33(43)47-3)30(50-36)40-21-13-9-6-10-14-21/h15-17,20-21,29H,5-14H2,1-4H3/t29-,35+,36+/m0/s1. The topological polar surface area (TPSA) is 172 Å². The molecule has 50 heavy (non-hydrogen) atoms. The number of ether oxygens (including phenoxy) is 6. The van der Waals surface area contributed by atoms with E-state index in [0.717, 1.165) is 67.0 Å². The van der Waals surface area contributed by atoms with E-state index in [1.165, 1.54) is 18.2 Å². The number of esters is 4. The molecule has 264 valence electrons. The molecule has 2 aliphatic heterocycles. The van der Waals surface area contributed by atoms with Crippen LogP contribution < -0.4 is 4.74 Å². The summed E-state index contributed by atoms with van der Waals surface area (Å²) in [6.07, 6.45) is 6.38. The van der Waals surface area contributed by atoms with Crippen LogP contribution in [0.25, 0.3) is 0 Å². The number of benzene rings is 1. The molecule has 3 aliphatic carbocycles. The van der Waals surface area contributed by atoms with E-state index in [9.17, 15) is 24.4 Å². The average Bonchev–Trinajstić information content (AvgIpc) is 3.62. The van der Waals surface area contributed by atoms with Crippen LogP contribution in [0, 0.1) is 16.7 Å². The van der Waals surface area contributed by atoms with Gasteiger partial charge in [0.1, 0.15) is 16.9 Å². The van der Waals surface area contributed by atoms with Crippen LogP contribution in [0.3, 0.4) is 0 Å². The summed E-state index contributed by atoms with van der Waals surface area (Å²) >= 11 is 6.61. The van der Waals surface area contributed by atoms with Crippen molar-refractivity contribution in [3.63, 3.8) is 0 Å². The highest BCUT2D eigenvalue weighted by molar-refractivity contribution is 6.33. The Kier molecular flexibility index (Phi) is 9.77. The highest BCUT2D eigenvalue weighted by Crippen LogP contribution is 2.65. The molecule has 2 fully saturated rings. The van der Waals surface area contributed by atoms with Gasteiger partial charge in [0.05, 0.1) is 63.4 Å². The second-order valence-electron chi connectivity index (χ2n) is 12.8. The lowest BCUT2D eigenvalue weighted by Crippen LogP contribution is -2.62. The number of halogens is 1. The minimum Gasteiger partial charge on any atom is -0.483 e. The molecule has 2 saturated carbocycles. The summed E-state index contributed by atoms with van der Waals surface area (Å²) in [6.45, 7) is 0. The predicted octanol–water partition coefficient (Wildman–Crippen LogP) is 4.64. The molecule has 0 unspecified atom stereocenters. The van der Waals surface area contributed by atoms with Crippen molar-refractivity contribution in [2.45, 2.75) is 88.0 Å². The van der Waals surface area contributed by atoms with E-state index in [-0.39, 0.29) is 56.7 Å². The van der Waals surface area contributed by atoms with Gasteiger partial charge in [-0.1, -0.05) is 50.1 Å². The summed E-state index contributed by atoms with van der Waals surface area (Å²) in [5, 5.41) is 11.9. The van der Waals surface area contributed by atoms with Crippen molar-refractivity contribution in [2.75, 3.05) is 28.4 Å². The van der Waals surface area contributed by atoms with Crippen LogP contribution in [0.1, 0.15) is 69.8 Å². The molecule has 2 heterocycles. The number of methoxy groups -OCH3 is 4. The van der Waals surface area contributed by atoms with E-state index < -0.39 is 46.6 Å². The molecule has 0 bridgehead atoms. The minimum absolute atomic E-state index is 0.0411. The van der Waals surface area contributed by atoms with Gasteiger partial charge in [-0.3, -0.25) is 4.99 Å². The summed E-state index contributed by atoms with van der Waals surface area (Å²) in [5.41, 5.74) is -6.43. The molecule has 5 aliphatic rings. The van der Waals surface area contributed by atoms with E-state index in [2.05, 4.69) is 6.07 Å². The van der Waals surface area contributed by atoms with E-state index >= 15 is 0 Å². The molecule has 0 saturated heterocycles. The molecule has 0 amide bonds. The van der Waals surface area contributed by atoms with Gasteiger partial charge in [-0.15, -0.1) is 0 Å². The van der Waals surface area contributed by atoms with Gasteiger partial charge in [0.15, 0.2) is 11.5 Å². The van der Waals surface area contributed by atoms with Gasteiger partial charge in [0, 0.05) is 10.6 Å². The molecule has 0 N–H and O–H groups in total. The van der Waals surface area contributed by atoms with Crippen LogP contribution in [-0.2, 0) is 48.5 Å². The highest BCUT2D eigenvalue weighted by Gasteiger charge is 2.78. The predicted molar refractivity (Wildman–Crippen MR) is 177 cm³/mol. The molecule has 1 aromatic carbocycles. The third kappa shape index (κ3) is 5.27. The zero-order chi connectivity index (χ0) is 35.8. The number of carbonyl (C=O) groups excluding carboxylic acids is 4. The number of fused-ring (bicyclic) bond motifs is 4. The van der Waals surface area contributed by atoms with Crippen molar-refractivity contribution < 1.29 is 47.6 Å².